The van der Waals surface area contributed by atoms with Gasteiger partial charge < -0.3 is 15.2 Å². The minimum absolute atomic E-state index is 0.0846. The van der Waals surface area contributed by atoms with Crippen LogP contribution < -0.4 is 5.32 Å². The molecule has 7 heteroatoms. The van der Waals surface area contributed by atoms with Crippen LogP contribution in [-0.4, -0.2) is 24.1 Å². The van der Waals surface area contributed by atoms with Crippen molar-refractivity contribution in [2.24, 2.45) is 0 Å². The third-order valence-corrected chi connectivity index (χ3v) is 4.80. The molecule has 5 nitrogen and oxygen atoms in total. The number of phenolic OH excluding ortho intramolecular Hbond substituents is 1. The first-order chi connectivity index (χ1) is 11.4. The third kappa shape index (κ3) is 2.85. The summed E-state index contributed by atoms with van der Waals surface area (Å²) < 4.78 is 5.76. The van der Waals surface area contributed by atoms with Crippen LogP contribution in [0.5, 0.6) is 5.75 Å². The maximum atomic E-state index is 12.3. The van der Waals surface area contributed by atoms with E-state index in [4.69, 9.17) is 4.74 Å². The van der Waals surface area contributed by atoms with Gasteiger partial charge in [0.05, 0.1) is 27.3 Å². The number of hydrogen-bond acceptors (Lipinski definition) is 4. The number of carbonyl (C=O) groups excluding carboxylic acids is 2. The number of hydrogen-bond donors (Lipinski definition) is 2. The van der Waals surface area contributed by atoms with E-state index in [1.807, 2.05) is 0 Å². The number of esters is 1. The van der Waals surface area contributed by atoms with Crippen molar-refractivity contribution in [1.82, 2.24) is 0 Å². The lowest BCUT2D eigenvalue weighted by molar-refractivity contribution is -0.110. The van der Waals surface area contributed by atoms with E-state index in [1.54, 1.807) is 36.4 Å². The highest BCUT2D eigenvalue weighted by Crippen LogP contribution is 2.38. The summed E-state index contributed by atoms with van der Waals surface area (Å²) in [6.45, 7) is 0. The molecule has 0 aliphatic carbocycles. The number of rotatable bonds is 2. The topological polar surface area (TPSA) is 75.6 Å². The van der Waals surface area contributed by atoms with Gasteiger partial charge in [0.15, 0.2) is 0 Å². The highest BCUT2D eigenvalue weighted by atomic mass is 79.9. The predicted molar refractivity (Wildman–Crippen MR) is 97.8 cm³/mol. The number of benzene rings is 2. The number of anilines is 1. The van der Waals surface area contributed by atoms with Crippen LogP contribution in [0, 0.1) is 0 Å². The number of halogens is 2. The quantitative estimate of drug-likeness (QED) is 0.529. The zero-order chi connectivity index (χ0) is 17.4. The second kappa shape index (κ2) is 6.41. The number of amides is 1. The summed E-state index contributed by atoms with van der Waals surface area (Å²) >= 11 is 6.52. The summed E-state index contributed by atoms with van der Waals surface area (Å²) in [7, 11) is 1.29. The smallest absolute Gasteiger partial charge is 0.339 e. The SMILES string of the molecule is COC(=O)c1cccc2c1NC(=O)/C2=C\c1cc(Br)c(O)c(Br)c1. The van der Waals surface area contributed by atoms with Gasteiger partial charge in [-0.1, -0.05) is 12.1 Å². The molecule has 0 unspecified atom stereocenters. The van der Waals surface area contributed by atoms with Gasteiger partial charge in [0.1, 0.15) is 5.75 Å². The van der Waals surface area contributed by atoms with Crippen LogP contribution in [0.4, 0.5) is 5.69 Å². The molecule has 0 spiro atoms. The molecule has 122 valence electrons. The Labute approximate surface area is 154 Å². The molecule has 1 aliphatic rings. The van der Waals surface area contributed by atoms with Gasteiger partial charge in [-0.2, -0.15) is 0 Å². The molecule has 0 fully saturated rings. The summed E-state index contributed by atoms with van der Waals surface area (Å²) in [6, 6.07) is 8.45. The number of aromatic hydroxyl groups is 1. The van der Waals surface area contributed by atoms with Crippen LogP contribution in [-0.2, 0) is 9.53 Å². The molecule has 0 radical (unpaired) electrons. The van der Waals surface area contributed by atoms with Crippen LogP contribution in [0.25, 0.3) is 11.6 Å². The fraction of sp³-hybridized carbons (Fsp3) is 0.0588. The number of carbonyl (C=O) groups is 2. The molecule has 2 aromatic carbocycles. The van der Waals surface area contributed by atoms with E-state index in [9.17, 15) is 14.7 Å². The Kier molecular flexibility index (Phi) is 4.47. The van der Waals surface area contributed by atoms with Crippen LogP contribution in [0.2, 0.25) is 0 Å². The molecule has 24 heavy (non-hydrogen) atoms. The molecule has 2 aromatic rings. The lowest BCUT2D eigenvalue weighted by Crippen LogP contribution is -2.08. The fourth-order valence-electron chi connectivity index (χ4n) is 2.47. The minimum Gasteiger partial charge on any atom is -0.506 e. The molecule has 0 aromatic heterocycles. The Morgan fingerprint density at radius 3 is 2.54 bits per heavy atom. The molecule has 0 bridgehead atoms. The van der Waals surface area contributed by atoms with Gasteiger partial charge in [-0.05, 0) is 61.7 Å². The lowest BCUT2D eigenvalue weighted by Gasteiger charge is -2.05. The van der Waals surface area contributed by atoms with Gasteiger partial charge in [0.25, 0.3) is 5.91 Å². The van der Waals surface area contributed by atoms with Crippen molar-refractivity contribution in [1.29, 1.82) is 0 Å². The van der Waals surface area contributed by atoms with Crippen LogP contribution in [0.15, 0.2) is 39.3 Å². The molecule has 3 rings (SSSR count). The van der Waals surface area contributed by atoms with Crippen molar-refractivity contribution in [2.75, 3.05) is 12.4 Å². The fourth-order valence-corrected chi connectivity index (χ4v) is 3.69. The number of para-hydroxylation sites is 1. The molecule has 0 saturated heterocycles. The van der Waals surface area contributed by atoms with Crippen LogP contribution in [0.3, 0.4) is 0 Å². The molecule has 1 amide bonds. The Morgan fingerprint density at radius 1 is 1.25 bits per heavy atom. The van der Waals surface area contributed by atoms with Gasteiger partial charge in [-0.15, -0.1) is 0 Å². The molecular formula is C17H11Br2NO4. The van der Waals surface area contributed by atoms with E-state index in [-0.39, 0.29) is 11.7 Å². The lowest BCUT2D eigenvalue weighted by atomic mass is 10.0. The van der Waals surface area contributed by atoms with Gasteiger partial charge >= 0.3 is 5.97 Å². The van der Waals surface area contributed by atoms with Crippen molar-refractivity contribution in [2.45, 2.75) is 0 Å². The first-order valence-corrected chi connectivity index (χ1v) is 8.43. The van der Waals surface area contributed by atoms with Crippen molar-refractivity contribution >= 4 is 61.1 Å². The number of fused-ring (bicyclic) bond motifs is 1. The zero-order valence-corrected chi connectivity index (χ0v) is 15.6. The largest absolute Gasteiger partial charge is 0.506 e. The standard InChI is InChI=1S/C17H11Br2NO4/c1-24-17(23)10-4-2-3-9-11(16(22)20-14(9)10)5-8-6-12(18)15(21)13(19)7-8/h2-7,21H,1H3,(H,20,22)/b11-5-. The molecule has 0 saturated carbocycles. The van der Waals surface area contributed by atoms with E-state index in [0.717, 1.165) is 0 Å². The van der Waals surface area contributed by atoms with Gasteiger partial charge in [-0.3, -0.25) is 4.79 Å². The van der Waals surface area contributed by atoms with Gasteiger partial charge in [-0.25, -0.2) is 4.79 Å². The van der Waals surface area contributed by atoms with Crippen molar-refractivity contribution < 1.29 is 19.4 Å². The Hall–Kier alpha value is -2.12. The Morgan fingerprint density at radius 2 is 1.92 bits per heavy atom. The second-order valence-corrected chi connectivity index (χ2v) is 6.77. The van der Waals surface area contributed by atoms with Crippen LogP contribution in [0.1, 0.15) is 21.5 Å². The average Bonchev–Trinajstić information content (AvgIpc) is 2.87. The number of phenols is 1. The molecule has 1 aliphatic heterocycles. The first kappa shape index (κ1) is 16.7. The van der Waals surface area contributed by atoms with E-state index >= 15 is 0 Å². The van der Waals surface area contributed by atoms with Crippen molar-refractivity contribution in [3.05, 3.63) is 56.0 Å². The average molecular weight is 453 g/mol. The maximum absolute atomic E-state index is 12.3. The van der Waals surface area contributed by atoms with E-state index in [1.165, 1.54) is 7.11 Å². The summed E-state index contributed by atoms with van der Waals surface area (Å²) in [5.74, 6) is -0.730. The number of ether oxygens (including phenoxy) is 1. The molecule has 2 N–H and O–H groups in total. The minimum atomic E-state index is -0.511. The van der Waals surface area contributed by atoms with E-state index < -0.39 is 5.97 Å². The van der Waals surface area contributed by atoms with Gasteiger partial charge in [0.2, 0.25) is 0 Å². The summed E-state index contributed by atoms with van der Waals surface area (Å²) in [5, 5.41) is 12.5. The second-order valence-electron chi connectivity index (χ2n) is 5.07. The van der Waals surface area contributed by atoms with Crippen LogP contribution >= 0.6 is 31.9 Å². The highest BCUT2D eigenvalue weighted by molar-refractivity contribution is 9.11. The van der Waals surface area contributed by atoms with E-state index in [2.05, 4.69) is 37.2 Å². The summed E-state index contributed by atoms with van der Waals surface area (Å²) in [4.78, 5) is 24.2. The molecule has 0 atom stereocenters. The van der Waals surface area contributed by atoms with Gasteiger partial charge in [0, 0.05) is 11.1 Å². The van der Waals surface area contributed by atoms with Crippen molar-refractivity contribution in [3.8, 4) is 5.75 Å². The summed E-state index contributed by atoms with van der Waals surface area (Å²) in [6.07, 6.45) is 1.69. The Bertz CT molecular complexity index is 882. The highest BCUT2D eigenvalue weighted by Gasteiger charge is 2.28. The Balaban J connectivity index is 2.13. The predicted octanol–water partition coefficient (Wildman–Crippen LogP) is 4.20. The maximum Gasteiger partial charge on any atom is 0.339 e. The third-order valence-electron chi connectivity index (χ3n) is 3.59. The van der Waals surface area contributed by atoms with Crippen molar-refractivity contribution in [3.63, 3.8) is 0 Å². The van der Waals surface area contributed by atoms with E-state index in [0.29, 0.717) is 36.9 Å². The summed E-state index contributed by atoms with van der Waals surface area (Å²) in [5.41, 5.74) is 2.52. The molecule has 1 heterocycles. The number of methoxy groups -OCH3 is 1. The number of nitrogens with one attached hydrogen (secondary N) is 1. The molecular weight excluding hydrogens is 442 g/mol. The zero-order valence-electron chi connectivity index (χ0n) is 12.4. The first-order valence-electron chi connectivity index (χ1n) is 6.85. The monoisotopic (exact) mass is 451 g/mol. The normalized spacial score (nSPS) is 14.5.